The molecule has 0 aliphatic heterocycles. The second kappa shape index (κ2) is 8.17. The average molecular weight is 403 g/mol. The number of rotatable bonds is 5. The first-order valence-electron chi connectivity index (χ1n) is 8.48. The van der Waals surface area contributed by atoms with Crippen LogP contribution in [-0.4, -0.2) is 21.2 Å². The third-order valence-corrected chi connectivity index (χ3v) is 3.93. The van der Waals surface area contributed by atoms with E-state index in [1.165, 1.54) is 13.0 Å². The number of benzene rings is 2. The Morgan fingerprint density at radius 1 is 1.10 bits per heavy atom. The Morgan fingerprint density at radius 2 is 1.79 bits per heavy atom. The Bertz CT molecular complexity index is 1020. The number of halogens is 3. The summed E-state index contributed by atoms with van der Waals surface area (Å²) in [4.78, 5) is 17.7. The summed E-state index contributed by atoms with van der Waals surface area (Å²) in [7, 11) is 0. The van der Waals surface area contributed by atoms with Gasteiger partial charge in [-0.1, -0.05) is 42.5 Å². The molecule has 0 aliphatic carbocycles. The molecule has 0 atom stereocenters. The predicted octanol–water partition coefficient (Wildman–Crippen LogP) is 5.14. The molecule has 6 nitrogen and oxygen atoms in total. The number of alkyl halides is 3. The lowest BCUT2D eigenvalue weighted by Crippen LogP contribution is -2.14. The third kappa shape index (κ3) is 5.22. The van der Waals surface area contributed by atoms with Crippen molar-refractivity contribution in [3.8, 4) is 16.9 Å². The molecule has 0 spiro atoms. The Balaban J connectivity index is 1.74. The summed E-state index contributed by atoms with van der Waals surface area (Å²) in [5, 5.41) is 11.7. The highest BCUT2D eigenvalue weighted by molar-refractivity contribution is 5.74. The summed E-state index contributed by atoms with van der Waals surface area (Å²) in [6, 6.07) is 15.2. The number of nitrogens with one attached hydrogen (secondary N) is 1. The molecule has 0 saturated heterocycles. The smallest absolute Gasteiger partial charge is 0.449 e. The fourth-order valence-electron chi connectivity index (χ4n) is 2.67. The molecule has 0 fully saturated rings. The van der Waals surface area contributed by atoms with Crippen LogP contribution in [0.2, 0.25) is 0 Å². The van der Waals surface area contributed by atoms with E-state index < -0.39 is 18.2 Å². The average Bonchev–Trinajstić information content (AvgIpc) is 2.66. The van der Waals surface area contributed by atoms with Gasteiger partial charge in [-0.25, -0.2) is 14.8 Å². The molecule has 0 saturated carbocycles. The molecule has 2 aromatic carbocycles. The van der Waals surface area contributed by atoms with Crippen molar-refractivity contribution < 1.29 is 27.8 Å². The molecular formula is C20H16F3N3O3. The number of ether oxygens (including phenoxy) is 1. The molecule has 0 bridgehead atoms. The summed E-state index contributed by atoms with van der Waals surface area (Å²) in [6.07, 6.45) is -6.02. The second-order valence-corrected chi connectivity index (χ2v) is 6.13. The number of hydrogen-bond acceptors (Lipinski definition) is 5. The van der Waals surface area contributed by atoms with Crippen LogP contribution in [0.15, 0.2) is 54.6 Å². The lowest BCUT2D eigenvalue weighted by molar-refractivity contribution is -0.145. The lowest BCUT2D eigenvalue weighted by atomic mass is 10.0. The molecule has 150 valence electrons. The number of aryl methyl sites for hydroxylation is 1. The van der Waals surface area contributed by atoms with Crippen LogP contribution in [0, 0.1) is 6.92 Å². The molecule has 9 heteroatoms. The molecule has 1 heterocycles. The van der Waals surface area contributed by atoms with E-state index >= 15 is 0 Å². The van der Waals surface area contributed by atoms with Crippen molar-refractivity contribution in [3.63, 3.8) is 0 Å². The Hall–Kier alpha value is -3.62. The van der Waals surface area contributed by atoms with Crippen molar-refractivity contribution in [1.82, 2.24) is 9.97 Å². The quantitative estimate of drug-likeness (QED) is 0.453. The SMILES string of the molecule is Cc1cc(NCc2ccc(-c3ccccc3OC(=O)O)cc2)nc(C(F)(F)F)n1. The van der Waals surface area contributed by atoms with Gasteiger partial charge < -0.3 is 15.2 Å². The van der Waals surface area contributed by atoms with Gasteiger partial charge in [0.1, 0.15) is 11.6 Å². The highest BCUT2D eigenvalue weighted by Crippen LogP contribution is 2.30. The normalized spacial score (nSPS) is 11.2. The zero-order valence-corrected chi connectivity index (χ0v) is 15.2. The van der Waals surface area contributed by atoms with Crippen molar-refractivity contribution in [1.29, 1.82) is 0 Å². The van der Waals surface area contributed by atoms with Crippen molar-refractivity contribution in [2.45, 2.75) is 19.6 Å². The summed E-state index contributed by atoms with van der Waals surface area (Å²) in [6.45, 7) is 1.72. The highest BCUT2D eigenvalue weighted by Gasteiger charge is 2.35. The monoisotopic (exact) mass is 403 g/mol. The number of aromatic nitrogens is 2. The van der Waals surface area contributed by atoms with Crippen molar-refractivity contribution in [2.24, 2.45) is 0 Å². The van der Waals surface area contributed by atoms with E-state index in [1.807, 2.05) is 0 Å². The largest absolute Gasteiger partial charge is 0.511 e. The minimum Gasteiger partial charge on any atom is -0.449 e. The first-order chi connectivity index (χ1) is 13.7. The predicted molar refractivity (Wildman–Crippen MR) is 99.6 cm³/mol. The Kier molecular flexibility index (Phi) is 5.67. The standard InChI is InChI=1S/C20H16F3N3O3/c1-12-10-17(26-18(25-12)20(21,22)23)24-11-13-6-8-14(9-7-13)15-4-2-3-5-16(15)29-19(27)28/h2-10H,11H2,1H3,(H,27,28)(H,24,25,26). The maximum Gasteiger partial charge on any atom is 0.511 e. The Labute approximate surface area is 164 Å². The molecule has 3 rings (SSSR count). The molecule has 0 aliphatic rings. The minimum absolute atomic E-state index is 0.0779. The van der Waals surface area contributed by atoms with Gasteiger partial charge in [0, 0.05) is 23.9 Å². The Morgan fingerprint density at radius 3 is 2.45 bits per heavy atom. The lowest BCUT2D eigenvalue weighted by Gasteiger charge is -2.11. The summed E-state index contributed by atoms with van der Waals surface area (Å²) in [5.74, 6) is -0.901. The van der Waals surface area contributed by atoms with E-state index in [2.05, 4.69) is 15.3 Å². The molecule has 1 aromatic heterocycles. The van der Waals surface area contributed by atoms with Crippen LogP contribution in [0.25, 0.3) is 11.1 Å². The van der Waals surface area contributed by atoms with Crippen molar-refractivity contribution in [3.05, 3.63) is 71.7 Å². The van der Waals surface area contributed by atoms with Gasteiger partial charge in [-0.2, -0.15) is 13.2 Å². The van der Waals surface area contributed by atoms with Gasteiger partial charge in [-0.3, -0.25) is 0 Å². The number of carboxylic acid groups (broad SMARTS) is 1. The van der Waals surface area contributed by atoms with E-state index in [4.69, 9.17) is 9.84 Å². The van der Waals surface area contributed by atoms with E-state index in [9.17, 15) is 18.0 Å². The third-order valence-electron chi connectivity index (χ3n) is 3.93. The second-order valence-electron chi connectivity index (χ2n) is 6.13. The minimum atomic E-state index is -4.62. The number of para-hydroxylation sites is 1. The number of carbonyl (C=O) groups is 1. The maximum atomic E-state index is 12.8. The summed E-state index contributed by atoms with van der Waals surface area (Å²) in [5.41, 5.74) is 2.36. The zero-order valence-electron chi connectivity index (χ0n) is 15.2. The van der Waals surface area contributed by atoms with Crippen LogP contribution in [0.3, 0.4) is 0 Å². The number of nitrogens with zero attached hydrogens (tertiary/aromatic N) is 2. The molecule has 2 N–H and O–H groups in total. The molecule has 29 heavy (non-hydrogen) atoms. The highest BCUT2D eigenvalue weighted by atomic mass is 19.4. The topological polar surface area (TPSA) is 84.3 Å². The van der Waals surface area contributed by atoms with E-state index in [0.29, 0.717) is 5.56 Å². The van der Waals surface area contributed by atoms with Crippen LogP contribution < -0.4 is 10.1 Å². The van der Waals surface area contributed by atoms with E-state index in [-0.39, 0.29) is 23.8 Å². The fourth-order valence-corrected chi connectivity index (χ4v) is 2.67. The fraction of sp³-hybridized carbons (Fsp3) is 0.150. The van der Waals surface area contributed by atoms with Crippen LogP contribution >= 0.6 is 0 Å². The van der Waals surface area contributed by atoms with Crippen LogP contribution in [0.4, 0.5) is 23.8 Å². The molecule has 0 amide bonds. The van der Waals surface area contributed by atoms with Gasteiger partial charge in [0.25, 0.3) is 0 Å². The first kappa shape index (κ1) is 20.1. The molecule has 0 unspecified atom stereocenters. The van der Waals surface area contributed by atoms with Crippen molar-refractivity contribution in [2.75, 3.05) is 5.32 Å². The van der Waals surface area contributed by atoms with Gasteiger partial charge >= 0.3 is 12.3 Å². The van der Waals surface area contributed by atoms with Gasteiger partial charge in [0.05, 0.1) is 0 Å². The zero-order chi connectivity index (χ0) is 21.0. The molecular weight excluding hydrogens is 387 g/mol. The number of hydrogen-bond donors (Lipinski definition) is 2. The first-order valence-corrected chi connectivity index (χ1v) is 8.48. The van der Waals surface area contributed by atoms with Gasteiger partial charge in [-0.15, -0.1) is 0 Å². The maximum absolute atomic E-state index is 12.8. The van der Waals surface area contributed by atoms with E-state index in [0.717, 1.165) is 11.1 Å². The van der Waals surface area contributed by atoms with Crippen LogP contribution in [0.5, 0.6) is 5.75 Å². The molecule has 3 aromatic rings. The van der Waals surface area contributed by atoms with Gasteiger partial charge in [0.2, 0.25) is 5.82 Å². The van der Waals surface area contributed by atoms with Crippen LogP contribution in [-0.2, 0) is 12.7 Å². The van der Waals surface area contributed by atoms with Gasteiger partial charge in [0.15, 0.2) is 0 Å². The summed E-state index contributed by atoms with van der Waals surface area (Å²) >= 11 is 0. The van der Waals surface area contributed by atoms with E-state index in [1.54, 1.807) is 48.5 Å². The molecule has 0 radical (unpaired) electrons. The van der Waals surface area contributed by atoms with Crippen LogP contribution in [0.1, 0.15) is 17.1 Å². The van der Waals surface area contributed by atoms with Crippen molar-refractivity contribution >= 4 is 12.0 Å². The number of anilines is 1. The van der Waals surface area contributed by atoms with Gasteiger partial charge in [-0.05, 0) is 24.1 Å². The summed E-state index contributed by atoms with van der Waals surface area (Å²) < 4.78 is 43.3.